The number of ether oxygens (including phenoxy) is 1. The lowest BCUT2D eigenvalue weighted by molar-refractivity contribution is -0.144. The Morgan fingerprint density at radius 1 is 1.06 bits per heavy atom. The number of carbonyl (C=O) groups excluding carboxylic acids is 1. The molecule has 1 aliphatic rings. The number of pyridine rings is 1. The summed E-state index contributed by atoms with van der Waals surface area (Å²) in [6, 6.07) is 21.0. The summed E-state index contributed by atoms with van der Waals surface area (Å²) in [5, 5.41) is 19.1. The molecule has 2 heterocycles. The first-order chi connectivity index (χ1) is 17.5. The Bertz CT molecular complexity index is 1260. The minimum absolute atomic E-state index is 0.115. The molecule has 1 atom stereocenters. The van der Waals surface area contributed by atoms with Crippen LogP contribution in [-0.2, 0) is 29.0 Å². The SMILES string of the molecule is O=C(O)CC1Cc2ccc(OCCCN=c3ccccn3O)cc2CN(CCc2ccccc2)C1=O. The van der Waals surface area contributed by atoms with Crippen LogP contribution in [0.4, 0.5) is 0 Å². The van der Waals surface area contributed by atoms with Crippen LogP contribution < -0.4 is 10.2 Å². The maximum atomic E-state index is 13.2. The summed E-state index contributed by atoms with van der Waals surface area (Å²) in [7, 11) is 0. The van der Waals surface area contributed by atoms with Crippen molar-refractivity contribution in [1.29, 1.82) is 0 Å². The van der Waals surface area contributed by atoms with E-state index in [2.05, 4.69) is 4.99 Å². The zero-order valence-corrected chi connectivity index (χ0v) is 20.1. The lowest BCUT2D eigenvalue weighted by Crippen LogP contribution is -2.37. The Morgan fingerprint density at radius 3 is 2.64 bits per heavy atom. The summed E-state index contributed by atoms with van der Waals surface area (Å²) in [5.41, 5.74) is 3.58. The molecule has 1 amide bonds. The van der Waals surface area contributed by atoms with Crippen LogP contribution in [0.5, 0.6) is 5.75 Å². The summed E-state index contributed by atoms with van der Waals surface area (Å²) in [6.07, 6.45) is 3.13. The highest BCUT2D eigenvalue weighted by atomic mass is 16.5. The Labute approximate surface area is 210 Å². The second kappa shape index (κ2) is 12.1. The normalized spacial score (nSPS) is 15.9. The number of carboxylic acids is 1. The zero-order chi connectivity index (χ0) is 25.3. The molecule has 0 saturated heterocycles. The Hall–Kier alpha value is -4.07. The van der Waals surface area contributed by atoms with Crippen LogP contribution in [0.3, 0.4) is 0 Å². The van der Waals surface area contributed by atoms with E-state index in [1.807, 2.05) is 54.6 Å². The highest BCUT2D eigenvalue weighted by Gasteiger charge is 2.31. The third-order valence-corrected chi connectivity index (χ3v) is 6.26. The fourth-order valence-corrected chi connectivity index (χ4v) is 4.40. The van der Waals surface area contributed by atoms with Crippen LogP contribution in [0.15, 0.2) is 77.9 Å². The minimum Gasteiger partial charge on any atom is -0.494 e. The number of rotatable bonds is 10. The number of hydrogen-bond acceptors (Lipinski definition) is 5. The molecule has 8 nitrogen and oxygen atoms in total. The summed E-state index contributed by atoms with van der Waals surface area (Å²) in [4.78, 5) is 30.8. The standard InChI is InChI=1S/C28H31N3O5/c32-27(33)19-23-17-22-10-11-25(36-16-6-13-29-26-9-4-5-14-31(26)35)18-24(22)20-30(28(23)34)15-12-21-7-2-1-3-8-21/h1-5,7-11,14,18,23,35H,6,12-13,15-17,19-20H2,(H,32,33). The number of carbonyl (C=O) groups is 2. The van der Waals surface area contributed by atoms with E-state index >= 15 is 0 Å². The minimum atomic E-state index is -0.965. The van der Waals surface area contributed by atoms with Crippen LogP contribution in [-0.4, -0.2) is 51.5 Å². The van der Waals surface area contributed by atoms with Gasteiger partial charge in [-0.3, -0.25) is 14.6 Å². The lowest BCUT2D eigenvalue weighted by atomic mass is 9.94. The lowest BCUT2D eigenvalue weighted by Gasteiger charge is -2.24. The molecule has 1 aliphatic heterocycles. The van der Waals surface area contributed by atoms with Gasteiger partial charge in [-0.25, -0.2) is 0 Å². The fraction of sp³-hybridized carbons (Fsp3) is 0.321. The van der Waals surface area contributed by atoms with Gasteiger partial charge >= 0.3 is 5.97 Å². The molecule has 0 saturated carbocycles. The summed E-state index contributed by atoms with van der Waals surface area (Å²) in [5.74, 6) is -0.957. The fourth-order valence-electron chi connectivity index (χ4n) is 4.40. The molecule has 188 valence electrons. The van der Waals surface area contributed by atoms with Crippen molar-refractivity contribution in [3.63, 3.8) is 0 Å². The monoisotopic (exact) mass is 489 g/mol. The summed E-state index contributed by atoms with van der Waals surface area (Å²) in [6.45, 7) is 1.91. The zero-order valence-electron chi connectivity index (χ0n) is 20.1. The number of aliphatic carboxylic acids is 1. The average Bonchev–Trinajstić information content (AvgIpc) is 3.00. The van der Waals surface area contributed by atoms with E-state index in [-0.39, 0.29) is 12.3 Å². The Morgan fingerprint density at radius 2 is 1.86 bits per heavy atom. The van der Waals surface area contributed by atoms with Crippen molar-refractivity contribution in [2.24, 2.45) is 10.9 Å². The molecule has 3 aromatic rings. The Balaban J connectivity index is 1.42. The maximum absolute atomic E-state index is 13.2. The van der Waals surface area contributed by atoms with Gasteiger partial charge in [-0.2, -0.15) is 4.73 Å². The van der Waals surface area contributed by atoms with Gasteiger partial charge in [0.15, 0.2) is 5.49 Å². The first-order valence-corrected chi connectivity index (χ1v) is 12.2. The topological polar surface area (TPSA) is 104 Å². The molecule has 0 fully saturated rings. The van der Waals surface area contributed by atoms with E-state index in [0.29, 0.717) is 56.7 Å². The highest BCUT2D eigenvalue weighted by Crippen LogP contribution is 2.28. The first-order valence-electron chi connectivity index (χ1n) is 12.2. The van der Waals surface area contributed by atoms with E-state index in [9.17, 15) is 19.9 Å². The Kier molecular flexibility index (Phi) is 8.39. The second-order valence-electron chi connectivity index (χ2n) is 8.91. The van der Waals surface area contributed by atoms with Gasteiger partial charge < -0.3 is 20.0 Å². The van der Waals surface area contributed by atoms with Crippen molar-refractivity contribution in [1.82, 2.24) is 9.63 Å². The number of benzene rings is 2. The van der Waals surface area contributed by atoms with Crippen LogP contribution in [0.2, 0.25) is 0 Å². The molecule has 0 spiro atoms. The molecule has 36 heavy (non-hydrogen) atoms. The smallest absolute Gasteiger partial charge is 0.304 e. The second-order valence-corrected chi connectivity index (χ2v) is 8.91. The highest BCUT2D eigenvalue weighted by molar-refractivity contribution is 5.84. The van der Waals surface area contributed by atoms with Crippen LogP contribution in [0.25, 0.3) is 0 Å². The molecule has 4 rings (SSSR count). The van der Waals surface area contributed by atoms with Gasteiger partial charge in [0.1, 0.15) is 5.75 Å². The predicted molar refractivity (Wildman–Crippen MR) is 134 cm³/mol. The van der Waals surface area contributed by atoms with Crippen molar-refractivity contribution < 1.29 is 24.6 Å². The maximum Gasteiger partial charge on any atom is 0.304 e. The van der Waals surface area contributed by atoms with Crippen LogP contribution >= 0.6 is 0 Å². The van der Waals surface area contributed by atoms with E-state index < -0.39 is 11.9 Å². The van der Waals surface area contributed by atoms with Crippen LogP contribution in [0.1, 0.15) is 29.5 Å². The molecule has 1 aromatic heterocycles. The van der Waals surface area contributed by atoms with Gasteiger partial charge in [-0.05, 0) is 53.8 Å². The molecule has 2 aromatic carbocycles. The van der Waals surface area contributed by atoms with E-state index in [1.54, 1.807) is 17.0 Å². The molecular formula is C28H31N3O5. The number of fused-ring (bicyclic) bond motifs is 1. The van der Waals surface area contributed by atoms with Gasteiger partial charge in [0.05, 0.1) is 18.9 Å². The van der Waals surface area contributed by atoms with Crippen molar-refractivity contribution in [2.75, 3.05) is 19.7 Å². The molecule has 0 aliphatic carbocycles. The molecular weight excluding hydrogens is 458 g/mol. The number of hydrogen-bond donors (Lipinski definition) is 2. The largest absolute Gasteiger partial charge is 0.494 e. The predicted octanol–water partition coefficient (Wildman–Crippen LogP) is 3.31. The molecule has 1 unspecified atom stereocenters. The average molecular weight is 490 g/mol. The molecule has 2 N–H and O–H groups in total. The quantitative estimate of drug-likeness (QED) is 0.336. The molecule has 8 heteroatoms. The van der Waals surface area contributed by atoms with Gasteiger partial charge in [0, 0.05) is 32.3 Å². The van der Waals surface area contributed by atoms with Gasteiger partial charge in [0.25, 0.3) is 0 Å². The van der Waals surface area contributed by atoms with E-state index in [4.69, 9.17) is 4.74 Å². The van der Waals surface area contributed by atoms with Crippen molar-refractivity contribution >= 4 is 11.9 Å². The third kappa shape index (κ3) is 6.75. The number of amides is 1. The summed E-state index contributed by atoms with van der Waals surface area (Å²) >= 11 is 0. The van der Waals surface area contributed by atoms with E-state index in [1.165, 1.54) is 6.20 Å². The van der Waals surface area contributed by atoms with E-state index in [0.717, 1.165) is 21.4 Å². The van der Waals surface area contributed by atoms with Crippen molar-refractivity contribution in [3.05, 3.63) is 95.1 Å². The molecule has 0 radical (unpaired) electrons. The van der Waals surface area contributed by atoms with Gasteiger partial charge in [-0.15, -0.1) is 0 Å². The first kappa shape index (κ1) is 25.0. The molecule has 0 bridgehead atoms. The van der Waals surface area contributed by atoms with Crippen LogP contribution in [0, 0.1) is 5.92 Å². The van der Waals surface area contributed by atoms with Crippen molar-refractivity contribution in [3.8, 4) is 5.75 Å². The summed E-state index contributed by atoms with van der Waals surface area (Å²) < 4.78 is 6.92. The van der Waals surface area contributed by atoms with Gasteiger partial charge in [0.2, 0.25) is 5.91 Å². The number of carboxylic acid groups (broad SMARTS) is 1. The number of aromatic nitrogens is 1. The number of nitrogens with zero attached hydrogens (tertiary/aromatic N) is 3. The van der Waals surface area contributed by atoms with Gasteiger partial charge in [-0.1, -0.05) is 42.5 Å². The third-order valence-electron chi connectivity index (χ3n) is 6.26. The van der Waals surface area contributed by atoms with Crippen molar-refractivity contribution in [2.45, 2.75) is 32.2 Å².